The predicted molar refractivity (Wildman–Crippen MR) is 132 cm³/mol. The first-order chi connectivity index (χ1) is 16.1. The Labute approximate surface area is 205 Å². The summed E-state index contributed by atoms with van der Waals surface area (Å²) in [6, 6.07) is 11.4. The largest absolute Gasteiger partial charge is 0.365 e. The van der Waals surface area contributed by atoms with Crippen LogP contribution in [0.25, 0.3) is 0 Å². The van der Waals surface area contributed by atoms with Gasteiger partial charge in [0, 0.05) is 61.6 Å². The second-order valence-electron chi connectivity index (χ2n) is 8.11. The van der Waals surface area contributed by atoms with E-state index in [0.717, 1.165) is 11.8 Å². The third kappa shape index (κ3) is 5.74. The summed E-state index contributed by atoms with van der Waals surface area (Å²) in [6.07, 6.45) is 0. The minimum Gasteiger partial charge on any atom is -0.365 e. The number of carbonyl (C=O) groups is 2. The highest BCUT2D eigenvalue weighted by Crippen LogP contribution is 2.27. The maximum absolute atomic E-state index is 13.1. The molecule has 0 aromatic heterocycles. The summed E-state index contributed by atoms with van der Waals surface area (Å²) in [6.45, 7) is 5.68. The van der Waals surface area contributed by atoms with E-state index >= 15 is 0 Å². The van der Waals surface area contributed by atoms with Crippen LogP contribution in [-0.2, 0) is 15.6 Å². The molecule has 3 rings (SSSR count). The molecule has 1 aliphatic rings. The number of amides is 2. The maximum atomic E-state index is 13.1. The van der Waals surface area contributed by atoms with E-state index in [9.17, 15) is 23.9 Å². The van der Waals surface area contributed by atoms with Crippen LogP contribution >= 0.6 is 11.6 Å². The second kappa shape index (κ2) is 11.0. The molecule has 2 amide bonds. The Morgan fingerprint density at radius 1 is 1.24 bits per heavy atom. The van der Waals surface area contributed by atoms with Gasteiger partial charge in [-0.3, -0.25) is 23.9 Å². The second-order valence-corrected chi connectivity index (χ2v) is 9.97. The Morgan fingerprint density at radius 3 is 2.59 bits per heavy atom. The van der Waals surface area contributed by atoms with Crippen LogP contribution in [0, 0.1) is 10.1 Å². The minimum atomic E-state index is -1.90. The van der Waals surface area contributed by atoms with Crippen molar-refractivity contribution < 1.29 is 18.7 Å². The number of nitrogens with zero attached hydrogens (tertiary/aromatic N) is 4. The van der Waals surface area contributed by atoms with Crippen LogP contribution in [0.5, 0.6) is 0 Å². The third-order valence-electron chi connectivity index (χ3n) is 5.86. The Bertz CT molecular complexity index is 1130. The summed E-state index contributed by atoms with van der Waals surface area (Å²) >= 11 is 6.11. The summed E-state index contributed by atoms with van der Waals surface area (Å²) in [5, 5.41) is 12.3. The van der Waals surface area contributed by atoms with Gasteiger partial charge in [-0.2, -0.15) is 0 Å². The van der Waals surface area contributed by atoms with Crippen molar-refractivity contribution in [3.05, 3.63) is 63.2 Å². The molecular weight excluding hydrogens is 480 g/mol. The van der Waals surface area contributed by atoms with Crippen molar-refractivity contribution in [3.63, 3.8) is 0 Å². The number of benzene rings is 2. The molecule has 1 saturated heterocycles. The molecule has 0 radical (unpaired) electrons. The fraction of sp³-hybridized carbons (Fsp3) is 0.391. The first-order valence-corrected chi connectivity index (χ1v) is 12.5. The average Bonchev–Trinajstić information content (AvgIpc) is 2.82. The number of anilines is 1. The number of nitro benzene ring substituents is 1. The Balaban J connectivity index is 1.76. The van der Waals surface area contributed by atoms with E-state index in [2.05, 4.69) is 4.90 Å². The highest BCUT2D eigenvalue weighted by molar-refractivity contribution is 7.86. The van der Waals surface area contributed by atoms with Crippen molar-refractivity contribution >= 4 is 45.6 Å². The topological polar surface area (TPSA) is 104 Å². The van der Waals surface area contributed by atoms with Gasteiger partial charge in [-0.15, -0.1) is 0 Å². The van der Waals surface area contributed by atoms with E-state index in [1.807, 2.05) is 25.1 Å². The Morgan fingerprint density at radius 2 is 1.97 bits per heavy atom. The van der Waals surface area contributed by atoms with Crippen LogP contribution in [-0.4, -0.2) is 75.8 Å². The Hall–Kier alpha value is -2.98. The van der Waals surface area contributed by atoms with Crippen LogP contribution in [0.1, 0.15) is 24.2 Å². The molecule has 9 nitrogen and oxygen atoms in total. The van der Waals surface area contributed by atoms with Crippen LogP contribution in [0.2, 0.25) is 5.02 Å². The number of nitro groups is 1. The number of carbonyl (C=O) groups excluding carboxylic acids is 2. The number of rotatable bonds is 7. The van der Waals surface area contributed by atoms with Gasteiger partial charge in [-0.25, -0.2) is 0 Å². The van der Waals surface area contributed by atoms with Gasteiger partial charge in [0.25, 0.3) is 11.6 Å². The van der Waals surface area contributed by atoms with Crippen LogP contribution < -0.4 is 4.90 Å². The molecule has 34 heavy (non-hydrogen) atoms. The molecule has 2 atom stereocenters. The van der Waals surface area contributed by atoms with Gasteiger partial charge in [0.15, 0.2) is 0 Å². The molecule has 2 aromatic carbocycles. The predicted octanol–water partition coefficient (Wildman–Crippen LogP) is 3.19. The summed E-state index contributed by atoms with van der Waals surface area (Å²) in [4.78, 5) is 41.4. The summed E-state index contributed by atoms with van der Waals surface area (Å²) in [5.74, 6) is -1.07. The van der Waals surface area contributed by atoms with E-state index in [0.29, 0.717) is 31.2 Å². The van der Waals surface area contributed by atoms with Gasteiger partial charge in [0.2, 0.25) is 5.91 Å². The van der Waals surface area contributed by atoms with Gasteiger partial charge in [0.05, 0.1) is 15.7 Å². The van der Waals surface area contributed by atoms with Crippen molar-refractivity contribution in [1.82, 2.24) is 9.80 Å². The van der Waals surface area contributed by atoms with Gasteiger partial charge in [-0.1, -0.05) is 17.7 Å². The highest BCUT2D eigenvalue weighted by Gasteiger charge is 2.30. The first kappa shape index (κ1) is 25.6. The molecule has 1 unspecified atom stereocenters. The molecule has 0 aliphatic carbocycles. The summed E-state index contributed by atoms with van der Waals surface area (Å²) < 4.78 is 12.7. The third-order valence-corrected chi connectivity index (χ3v) is 7.44. The van der Waals surface area contributed by atoms with Crippen LogP contribution in [0.4, 0.5) is 11.4 Å². The normalized spacial score (nSPS) is 16.8. The van der Waals surface area contributed by atoms with E-state index in [1.54, 1.807) is 24.9 Å². The zero-order chi connectivity index (χ0) is 25.0. The average molecular weight is 507 g/mol. The van der Waals surface area contributed by atoms with Crippen molar-refractivity contribution in [1.29, 1.82) is 0 Å². The lowest BCUT2D eigenvalue weighted by Gasteiger charge is -2.41. The van der Waals surface area contributed by atoms with Crippen LogP contribution in [0.15, 0.2) is 47.4 Å². The van der Waals surface area contributed by atoms with Crippen molar-refractivity contribution in [2.75, 3.05) is 43.9 Å². The number of hydrogen-bond donors (Lipinski definition) is 0. The smallest absolute Gasteiger partial charge is 0.286 e. The molecule has 1 heterocycles. The van der Waals surface area contributed by atoms with Gasteiger partial charge in [0.1, 0.15) is 10.6 Å². The fourth-order valence-corrected chi connectivity index (χ4v) is 5.20. The van der Waals surface area contributed by atoms with Gasteiger partial charge < -0.3 is 14.7 Å². The molecule has 0 N–H and O–H groups in total. The number of hydrogen-bond acceptors (Lipinski definition) is 6. The minimum absolute atomic E-state index is 0.0134. The maximum Gasteiger partial charge on any atom is 0.286 e. The molecule has 1 fully saturated rings. The lowest BCUT2D eigenvalue weighted by molar-refractivity contribution is -0.387. The number of halogens is 1. The SMILES string of the molecule is CCN(C)C(=O)CS(=O)c1ccc(C(=O)N2CCN(c3cccc(Cl)c3)[C@H](C)C2)cc1[N+](=O)[O-]. The van der Waals surface area contributed by atoms with E-state index in [1.165, 1.54) is 17.0 Å². The van der Waals surface area contributed by atoms with E-state index in [4.69, 9.17) is 11.6 Å². The highest BCUT2D eigenvalue weighted by atomic mass is 35.5. The summed E-state index contributed by atoms with van der Waals surface area (Å²) in [5.41, 5.74) is 0.687. The summed E-state index contributed by atoms with van der Waals surface area (Å²) in [7, 11) is -0.331. The van der Waals surface area contributed by atoms with Crippen molar-refractivity contribution in [2.45, 2.75) is 24.8 Å². The monoisotopic (exact) mass is 506 g/mol. The quantitative estimate of drug-likeness (QED) is 0.422. The first-order valence-electron chi connectivity index (χ1n) is 10.8. The number of piperazine rings is 1. The fourth-order valence-electron chi connectivity index (χ4n) is 3.83. The van der Waals surface area contributed by atoms with Crippen LogP contribution in [0.3, 0.4) is 0 Å². The molecular formula is C23H27ClN4O5S. The molecule has 2 aromatic rings. The molecule has 1 aliphatic heterocycles. The molecule has 0 saturated carbocycles. The van der Waals surface area contributed by atoms with Crippen molar-refractivity contribution in [2.24, 2.45) is 0 Å². The lowest BCUT2D eigenvalue weighted by Crippen LogP contribution is -2.53. The zero-order valence-corrected chi connectivity index (χ0v) is 20.8. The molecule has 0 spiro atoms. The lowest BCUT2D eigenvalue weighted by atomic mass is 10.1. The zero-order valence-electron chi connectivity index (χ0n) is 19.3. The molecule has 11 heteroatoms. The van der Waals surface area contributed by atoms with Crippen molar-refractivity contribution in [3.8, 4) is 0 Å². The van der Waals surface area contributed by atoms with E-state index < -0.39 is 21.4 Å². The molecule has 0 bridgehead atoms. The Kier molecular flexibility index (Phi) is 8.27. The standard InChI is InChI=1S/C23H27ClN4O5S/c1-4-25(3)22(29)15-34(33)21-9-8-17(12-20(21)28(31)32)23(30)26-10-11-27(16(2)14-26)19-7-5-6-18(24)13-19/h5-9,12-13,16H,4,10-11,14-15H2,1-3H3/t16-,34?/m1/s1. The van der Waals surface area contributed by atoms with Gasteiger partial charge >= 0.3 is 0 Å². The molecule has 182 valence electrons. The van der Waals surface area contributed by atoms with E-state index in [-0.39, 0.29) is 34.1 Å². The van der Waals surface area contributed by atoms with Gasteiger partial charge in [-0.05, 0) is 44.2 Å².